The van der Waals surface area contributed by atoms with E-state index in [4.69, 9.17) is 28.8 Å². The molecule has 0 amide bonds. The number of benzene rings is 8. The zero-order valence-electron chi connectivity index (χ0n) is 30.9. The Morgan fingerprint density at radius 3 is 1.74 bits per heavy atom. The van der Waals surface area contributed by atoms with Crippen LogP contribution in [0.25, 0.3) is 122 Å². The molecule has 6 nitrogen and oxygen atoms in total. The van der Waals surface area contributed by atoms with Crippen molar-refractivity contribution in [2.75, 3.05) is 0 Å². The van der Waals surface area contributed by atoms with Gasteiger partial charge in [-0.15, -0.1) is 0 Å². The summed E-state index contributed by atoms with van der Waals surface area (Å²) in [5.74, 6) is 1.66. The molecule has 0 fully saturated rings. The Labute approximate surface area is 331 Å². The van der Waals surface area contributed by atoms with Gasteiger partial charge in [0.05, 0.1) is 16.8 Å². The van der Waals surface area contributed by atoms with Gasteiger partial charge in [0, 0.05) is 54.4 Å². The molecule has 4 aromatic heterocycles. The second-order valence-electron chi connectivity index (χ2n) is 14.6. The van der Waals surface area contributed by atoms with Gasteiger partial charge in [0.15, 0.2) is 17.5 Å². The summed E-state index contributed by atoms with van der Waals surface area (Å²) in [5, 5.41) is 7.18. The molecule has 0 bridgehead atoms. The first kappa shape index (κ1) is 32.3. The smallest absolute Gasteiger partial charge is 0.167 e. The van der Waals surface area contributed by atoms with Gasteiger partial charge in [0.25, 0.3) is 0 Å². The molecule has 4 heterocycles. The Bertz CT molecular complexity index is 3570. The maximum absolute atomic E-state index is 6.78. The van der Waals surface area contributed by atoms with Gasteiger partial charge in [-0.05, 0) is 59.7 Å². The minimum atomic E-state index is 0.533. The topological polar surface area (TPSA) is 77.8 Å². The first-order chi connectivity index (χ1) is 28.7. The Hall–Kier alpha value is -7.96. The van der Waals surface area contributed by atoms with Gasteiger partial charge < -0.3 is 8.83 Å². The van der Waals surface area contributed by atoms with Crippen LogP contribution in [0.4, 0.5) is 0 Å². The normalized spacial score (nSPS) is 11.8. The molecular formula is C52H30N4O2. The van der Waals surface area contributed by atoms with Crippen LogP contribution in [0.2, 0.25) is 0 Å². The Balaban J connectivity index is 1.08. The predicted octanol–water partition coefficient (Wildman–Crippen LogP) is 13.7. The molecular weight excluding hydrogens is 713 g/mol. The van der Waals surface area contributed by atoms with Crippen LogP contribution in [-0.4, -0.2) is 19.9 Å². The van der Waals surface area contributed by atoms with E-state index in [2.05, 4.69) is 109 Å². The van der Waals surface area contributed by atoms with Crippen LogP contribution in [-0.2, 0) is 0 Å². The van der Waals surface area contributed by atoms with Gasteiger partial charge in [0.1, 0.15) is 22.3 Å². The quantitative estimate of drug-likeness (QED) is 0.163. The van der Waals surface area contributed by atoms with Gasteiger partial charge in [-0.2, -0.15) is 0 Å². The number of hydrogen-bond donors (Lipinski definition) is 0. The van der Waals surface area contributed by atoms with Gasteiger partial charge in [-0.3, -0.25) is 0 Å². The number of para-hydroxylation sites is 3. The summed E-state index contributed by atoms with van der Waals surface area (Å²) in [5.41, 5.74) is 10.8. The highest BCUT2D eigenvalue weighted by Crippen LogP contribution is 2.42. The number of pyridine rings is 1. The van der Waals surface area contributed by atoms with Crippen molar-refractivity contribution in [2.24, 2.45) is 0 Å². The molecule has 0 saturated heterocycles. The summed E-state index contributed by atoms with van der Waals surface area (Å²) in [6, 6.07) is 62.1. The zero-order chi connectivity index (χ0) is 38.2. The van der Waals surface area contributed by atoms with E-state index < -0.39 is 0 Å². The lowest BCUT2D eigenvalue weighted by atomic mass is 9.97. The van der Waals surface area contributed by atoms with E-state index in [0.29, 0.717) is 17.5 Å². The summed E-state index contributed by atoms with van der Waals surface area (Å²) < 4.78 is 13.3. The molecule has 0 aliphatic carbocycles. The highest BCUT2D eigenvalue weighted by Gasteiger charge is 2.21. The van der Waals surface area contributed by atoms with Gasteiger partial charge in [-0.1, -0.05) is 133 Å². The highest BCUT2D eigenvalue weighted by molar-refractivity contribution is 6.25. The van der Waals surface area contributed by atoms with E-state index in [1.807, 2.05) is 72.8 Å². The number of rotatable bonds is 5. The summed E-state index contributed by atoms with van der Waals surface area (Å²) in [7, 11) is 0. The molecule has 0 aliphatic rings. The highest BCUT2D eigenvalue weighted by atomic mass is 16.3. The molecule has 58 heavy (non-hydrogen) atoms. The summed E-state index contributed by atoms with van der Waals surface area (Å²) in [6.07, 6.45) is 0. The SMILES string of the molecule is c1ccc(-c2cccc(-c3nc(-c4ccc5oc6c(ccc7c(-c8ccccc8)nc8ccccc8c76)c5c4)nc(-c4cccc5c4oc4ccccc45)n3)c2)cc1. The van der Waals surface area contributed by atoms with Crippen LogP contribution < -0.4 is 0 Å². The van der Waals surface area contributed by atoms with Crippen LogP contribution in [0, 0.1) is 0 Å². The van der Waals surface area contributed by atoms with E-state index in [0.717, 1.165) is 105 Å². The van der Waals surface area contributed by atoms with Crippen LogP contribution in [0.15, 0.2) is 191 Å². The summed E-state index contributed by atoms with van der Waals surface area (Å²) in [6.45, 7) is 0. The standard InChI is InChI=1S/C52H30N4O2/c1-3-13-31(14-4-1)33-17-11-18-34(29-33)50-54-51(56-52(55-50)41-22-12-21-37-36-19-8-10-24-44(36)57-48(37)41)35-25-28-45-42(30-35)38-26-27-40-46(49(38)58-45)39-20-7-9-23-43(39)53-47(40)32-15-5-2-6-16-32/h1-30H. The lowest BCUT2D eigenvalue weighted by Gasteiger charge is -2.10. The van der Waals surface area contributed by atoms with Crippen molar-refractivity contribution < 1.29 is 8.83 Å². The lowest BCUT2D eigenvalue weighted by Crippen LogP contribution is -2.00. The Kier molecular flexibility index (Phi) is 7.13. The molecule has 8 aromatic carbocycles. The first-order valence-electron chi connectivity index (χ1n) is 19.3. The van der Waals surface area contributed by atoms with Gasteiger partial charge in [-0.25, -0.2) is 19.9 Å². The van der Waals surface area contributed by atoms with Gasteiger partial charge >= 0.3 is 0 Å². The maximum Gasteiger partial charge on any atom is 0.167 e. The lowest BCUT2D eigenvalue weighted by molar-refractivity contribution is 0.669. The van der Waals surface area contributed by atoms with Crippen LogP contribution in [0.1, 0.15) is 0 Å². The Morgan fingerprint density at radius 2 is 0.897 bits per heavy atom. The number of aromatic nitrogens is 4. The third-order valence-electron chi connectivity index (χ3n) is 11.1. The average Bonchev–Trinajstić information content (AvgIpc) is 3.87. The number of nitrogens with zero attached hydrogens (tertiary/aromatic N) is 4. The van der Waals surface area contributed by atoms with Gasteiger partial charge in [0.2, 0.25) is 0 Å². The molecule has 270 valence electrons. The van der Waals surface area contributed by atoms with Crippen molar-refractivity contribution in [3.05, 3.63) is 182 Å². The maximum atomic E-state index is 6.78. The molecule has 12 rings (SSSR count). The summed E-state index contributed by atoms with van der Waals surface area (Å²) >= 11 is 0. The second kappa shape index (κ2) is 12.8. The van der Waals surface area contributed by atoms with Crippen molar-refractivity contribution in [1.82, 2.24) is 19.9 Å². The zero-order valence-corrected chi connectivity index (χ0v) is 30.9. The first-order valence-corrected chi connectivity index (χ1v) is 19.3. The fourth-order valence-corrected chi connectivity index (χ4v) is 8.37. The van der Waals surface area contributed by atoms with Crippen molar-refractivity contribution >= 4 is 65.6 Å². The van der Waals surface area contributed by atoms with E-state index in [1.165, 1.54) is 0 Å². The molecule has 12 aromatic rings. The van der Waals surface area contributed by atoms with Crippen molar-refractivity contribution in [3.8, 4) is 56.5 Å². The summed E-state index contributed by atoms with van der Waals surface area (Å²) in [4.78, 5) is 20.6. The fraction of sp³-hybridized carbons (Fsp3) is 0. The molecule has 0 unspecified atom stereocenters. The van der Waals surface area contributed by atoms with Crippen molar-refractivity contribution in [3.63, 3.8) is 0 Å². The van der Waals surface area contributed by atoms with Crippen LogP contribution >= 0.6 is 0 Å². The monoisotopic (exact) mass is 742 g/mol. The third-order valence-corrected chi connectivity index (χ3v) is 11.1. The molecule has 0 N–H and O–H groups in total. The molecule has 0 atom stereocenters. The predicted molar refractivity (Wildman–Crippen MR) is 234 cm³/mol. The number of fused-ring (bicyclic) bond motifs is 10. The minimum absolute atomic E-state index is 0.533. The minimum Gasteiger partial charge on any atom is -0.455 e. The second-order valence-corrected chi connectivity index (χ2v) is 14.6. The molecule has 0 spiro atoms. The van der Waals surface area contributed by atoms with Crippen molar-refractivity contribution in [1.29, 1.82) is 0 Å². The molecule has 0 radical (unpaired) electrons. The average molecular weight is 743 g/mol. The van der Waals surface area contributed by atoms with E-state index in [1.54, 1.807) is 0 Å². The number of hydrogen-bond acceptors (Lipinski definition) is 6. The van der Waals surface area contributed by atoms with E-state index in [9.17, 15) is 0 Å². The molecule has 0 saturated carbocycles. The number of furan rings is 2. The molecule has 6 heteroatoms. The molecule has 0 aliphatic heterocycles. The van der Waals surface area contributed by atoms with E-state index in [-0.39, 0.29) is 0 Å². The van der Waals surface area contributed by atoms with E-state index >= 15 is 0 Å². The fourth-order valence-electron chi connectivity index (χ4n) is 8.37. The largest absolute Gasteiger partial charge is 0.455 e. The Morgan fingerprint density at radius 1 is 0.310 bits per heavy atom. The third kappa shape index (κ3) is 5.12. The van der Waals surface area contributed by atoms with Crippen molar-refractivity contribution in [2.45, 2.75) is 0 Å². The van der Waals surface area contributed by atoms with Crippen LogP contribution in [0.3, 0.4) is 0 Å². The van der Waals surface area contributed by atoms with Crippen LogP contribution in [0.5, 0.6) is 0 Å².